The van der Waals surface area contributed by atoms with Crippen LogP contribution in [-0.4, -0.2) is 27.0 Å². The third-order valence-electron chi connectivity index (χ3n) is 4.17. The number of nitrogens with zero attached hydrogens (tertiary/aromatic N) is 3. The first-order valence-corrected chi connectivity index (χ1v) is 8.25. The minimum atomic E-state index is -0.0338. The fourth-order valence-electron chi connectivity index (χ4n) is 2.89. The Labute approximate surface area is 141 Å². The lowest BCUT2D eigenvalue weighted by molar-refractivity contribution is 0.0953. The van der Waals surface area contributed by atoms with E-state index in [0.717, 1.165) is 40.2 Å². The molecule has 0 saturated carbocycles. The summed E-state index contributed by atoms with van der Waals surface area (Å²) in [5, 5.41) is 3.00. The Kier molecular flexibility index (Phi) is 4.60. The summed E-state index contributed by atoms with van der Waals surface area (Å²) >= 11 is 0. The highest BCUT2D eigenvalue weighted by Gasteiger charge is 2.12. The van der Waals surface area contributed by atoms with Crippen molar-refractivity contribution in [2.75, 3.05) is 6.54 Å². The largest absolute Gasteiger partial charge is 0.352 e. The molecule has 3 rings (SSSR count). The number of hydrogen-bond donors (Lipinski definition) is 1. The highest BCUT2D eigenvalue weighted by atomic mass is 16.1. The van der Waals surface area contributed by atoms with Crippen molar-refractivity contribution in [2.45, 2.75) is 33.7 Å². The molecule has 0 aliphatic heterocycles. The fraction of sp³-hybridized carbons (Fsp3) is 0.316. The van der Waals surface area contributed by atoms with E-state index in [1.807, 2.05) is 44.2 Å². The average Bonchev–Trinajstić information content (AvgIpc) is 2.94. The number of amides is 1. The van der Waals surface area contributed by atoms with Crippen LogP contribution >= 0.6 is 0 Å². The van der Waals surface area contributed by atoms with Crippen LogP contribution in [0.15, 0.2) is 36.5 Å². The lowest BCUT2D eigenvalue weighted by Crippen LogP contribution is -2.27. The van der Waals surface area contributed by atoms with Gasteiger partial charge in [-0.3, -0.25) is 4.79 Å². The normalized spacial score (nSPS) is 11.0. The first kappa shape index (κ1) is 16.2. The number of aryl methyl sites for hydroxylation is 3. The van der Waals surface area contributed by atoms with Crippen LogP contribution in [0.1, 0.15) is 34.2 Å². The summed E-state index contributed by atoms with van der Waals surface area (Å²) in [7, 11) is 0. The quantitative estimate of drug-likeness (QED) is 0.785. The summed E-state index contributed by atoms with van der Waals surface area (Å²) in [6.07, 6.45) is 2.46. The van der Waals surface area contributed by atoms with E-state index >= 15 is 0 Å². The second-order valence-electron chi connectivity index (χ2n) is 5.94. The minimum absolute atomic E-state index is 0.0338. The third kappa shape index (κ3) is 3.15. The first-order chi connectivity index (χ1) is 11.6. The monoisotopic (exact) mass is 322 g/mol. The fourth-order valence-corrected chi connectivity index (χ4v) is 2.89. The second kappa shape index (κ2) is 6.83. The van der Waals surface area contributed by atoms with E-state index in [1.54, 1.807) is 6.20 Å². The lowest BCUT2D eigenvalue weighted by atomic mass is 10.1. The summed E-state index contributed by atoms with van der Waals surface area (Å²) in [6, 6.07) is 9.78. The number of pyridine rings is 1. The van der Waals surface area contributed by atoms with Gasteiger partial charge in [-0.25, -0.2) is 9.97 Å². The number of benzene rings is 1. The van der Waals surface area contributed by atoms with Crippen LogP contribution in [0.4, 0.5) is 0 Å². The molecule has 0 aliphatic carbocycles. The summed E-state index contributed by atoms with van der Waals surface area (Å²) in [4.78, 5) is 21.4. The lowest BCUT2D eigenvalue weighted by Gasteiger charge is -2.09. The van der Waals surface area contributed by atoms with Gasteiger partial charge in [-0.1, -0.05) is 17.7 Å². The van der Waals surface area contributed by atoms with E-state index in [1.165, 1.54) is 0 Å². The van der Waals surface area contributed by atoms with Crippen molar-refractivity contribution < 1.29 is 4.79 Å². The Morgan fingerprint density at radius 2 is 2.08 bits per heavy atom. The van der Waals surface area contributed by atoms with Crippen molar-refractivity contribution in [1.82, 2.24) is 19.9 Å². The van der Waals surface area contributed by atoms with Crippen LogP contribution in [-0.2, 0) is 13.0 Å². The van der Waals surface area contributed by atoms with E-state index in [0.29, 0.717) is 13.0 Å². The Balaban J connectivity index is 1.70. The predicted octanol–water partition coefficient (Wildman–Crippen LogP) is 3.04. The smallest absolute Gasteiger partial charge is 0.251 e. The Morgan fingerprint density at radius 1 is 1.25 bits per heavy atom. The number of aromatic nitrogens is 3. The molecule has 1 N–H and O–H groups in total. The van der Waals surface area contributed by atoms with Crippen LogP contribution in [0.3, 0.4) is 0 Å². The van der Waals surface area contributed by atoms with Gasteiger partial charge in [0.25, 0.3) is 5.91 Å². The molecule has 5 nitrogen and oxygen atoms in total. The Hall–Kier alpha value is -2.69. The SMILES string of the molecule is CCn1c(CCNC(=O)c2cc(C)ccc2C)nc2cccnc21. The molecule has 2 heterocycles. The average molecular weight is 322 g/mol. The Bertz CT molecular complexity index is 882. The van der Waals surface area contributed by atoms with Gasteiger partial charge in [0.2, 0.25) is 0 Å². The Morgan fingerprint density at radius 3 is 2.88 bits per heavy atom. The van der Waals surface area contributed by atoms with Gasteiger partial charge in [-0.2, -0.15) is 0 Å². The molecule has 0 fully saturated rings. The van der Waals surface area contributed by atoms with E-state index in [4.69, 9.17) is 0 Å². The molecular weight excluding hydrogens is 300 g/mol. The topological polar surface area (TPSA) is 59.8 Å². The van der Waals surface area contributed by atoms with Gasteiger partial charge in [-0.15, -0.1) is 0 Å². The molecule has 1 aromatic carbocycles. The molecule has 0 unspecified atom stereocenters. The number of hydrogen-bond acceptors (Lipinski definition) is 3. The van der Waals surface area contributed by atoms with Gasteiger partial charge in [0.1, 0.15) is 11.3 Å². The molecule has 3 aromatic rings. The number of carbonyl (C=O) groups excluding carboxylic acids is 1. The van der Waals surface area contributed by atoms with Gasteiger partial charge in [0.15, 0.2) is 5.65 Å². The zero-order chi connectivity index (χ0) is 17.1. The van der Waals surface area contributed by atoms with E-state index in [2.05, 4.69) is 26.8 Å². The maximum atomic E-state index is 12.4. The molecule has 0 spiro atoms. The first-order valence-electron chi connectivity index (χ1n) is 8.25. The van der Waals surface area contributed by atoms with E-state index in [9.17, 15) is 4.79 Å². The van der Waals surface area contributed by atoms with Crippen molar-refractivity contribution >= 4 is 17.1 Å². The van der Waals surface area contributed by atoms with Crippen LogP contribution in [0, 0.1) is 13.8 Å². The second-order valence-corrected chi connectivity index (χ2v) is 5.94. The maximum Gasteiger partial charge on any atom is 0.251 e. The molecule has 0 radical (unpaired) electrons. The third-order valence-corrected chi connectivity index (χ3v) is 4.17. The predicted molar refractivity (Wildman–Crippen MR) is 95.2 cm³/mol. The van der Waals surface area contributed by atoms with Crippen molar-refractivity contribution in [3.8, 4) is 0 Å². The van der Waals surface area contributed by atoms with Crippen LogP contribution in [0.25, 0.3) is 11.2 Å². The zero-order valence-electron chi connectivity index (χ0n) is 14.3. The standard InChI is InChI=1S/C19H22N4O/c1-4-23-17(22-16-6-5-10-20-18(16)23)9-11-21-19(24)15-12-13(2)7-8-14(15)3/h5-8,10,12H,4,9,11H2,1-3H3,(H,21,24). The van der Waals surface area contributed by atoms with Crippen molar-refractivity contribution in [2.24, 2.45) is 0 Å². The number of fused-ring (bicyclic) bond motifs is 1. The number of rotatable bonds is 5. The maximum absolute atomic E-state index is 12.4. The van der Waals surface area contributed by atoms with E-state index in [-0.39, 0.29) is 5.91 Å². The number of carbonyl (C=O) groups is 1. The van der Waals surface area contributed by atoms with Gasteiger partial charge < -0.3 is 9.88 Å². The molecule has 5 heteroatoms. The summed E-state index contributed by atoms with van der Waals surface area (Å²) in [5.74, 6) is 0.918. The van der Waals surface area contributed by atoms with Gasteiger partial charge in [-0.05, 0) is 44.5 Å². The highest BCUT2D eigenvalue weighted by molar-refractivity contribution is 5.95. The molecule has 1 amide bonds. The zero-order valence-corrected chi connectivity index (χ0v) is 14.3. The molecule has 0 aliphatic rings. The van der Waals surface area contributed by atoms with Crippen molar-refractivity contribution in [1.29, 1.82) is 0 Å². The van der Waals surface area contributed by atoms with Crippen molar-refractivity contribution in [3.05, 3.63) is 59.0 Å². The van der Waals surface area contributed by atoms with Crippen molar-refractivity contribution in [3.63, 3.8) is 0 Å². The molecule has 2 aromatic heterocycles. The van der Waals surface area contributed by atoms with Crippen LogP contribution < -0.4 is 5.32 Å². The van der Waals surface area contributed by atoms with Gasteiger partial charge in [0, 0.05) is 31.3 Å². The summed E-state index contributed by atoms with van der Waals surface area (Å²) < 4.78 is 2.10. The number of nitrogens with one attached hydrogen (secondary N) is 1. The molecule has 24 heavy (non-hydrogen) atoms. The van der Waals surface area contributed by atoms with E-state index < -0.39 is 0 Å². The molecule has 124 valence electrons. The number of imidazole rings is 1. The highest BCUT2D eigenvalue weighted by Crippen LogP contribution is 2.14. The van der Waals surface area contributed by atoms with Gasteiger partial charge >= 0.3 is 0 Å². The molecule has 0 atom stereocenters. The van der Waals surface area contributed by atoms with Crippen LogP contribution in [0.5, 0.6) is 0 Å². The molecular formula is C19H22N4O. The summed E-state index contributed by atoms with van der Waals surface area (Å²) in [5.41, 5.74) is 4.61. The van der Waals surface area contributed by atoms with Crippen LogP contribution in [0.2, 0.25) is 0 Å². The molecule has 0 bridgehead atoms. The van der Waals surface area contributed by atoms with Gasteiger partial charge in [0.05, 0.1) is 0 Å². The summed E-state index contributed by atoms with van der Waals surface area (Å²) in [6.45, 7) is 7.39. The molecule has 0 saturated heterocycles. The minimum Gasteiger partial charge on any atom is -0.352 e.